The first-order valence-electron chi connectivity index (χ1n) is 11.4. The maximum Gasteiger partial charge on any atom is 0.327 e. The molecule has 0 radical (unpaired) electrons. The maximum atomic E-state index is 12.2. The highest BCUT2D eigenvalue weighted by molar-refractivity contribution is 6.02. The van der Waals surface area contributed by atoms with Gasteiger partial charge in [0.2, 0.25) is 0 Å². The third kappa shape index (κ3) is 9.47. The molecular formula is C23H44N2O4. The second-order valence-corrected chi connectivity index (χ2v) is 9.91. The monoisotopic (exact) mass is 412 g/mol. The summed E-state index contributed by atoms with van der Waals surface area (Å²) in [6.07, 6.45) is 10.6. The van der Waals surface area contributed by atoms with E-state index in [0.29, 0.717) is 12.0 Å². The largest absolute Gasteiger partial charge is 0.396 e. The van der Waals surface area contributed by atoms with Gasteiger partial charge in [-0.15, -0.1) is 0 Å². The van der Waals surface area contributed by atoms with Crippen molar-refractivity contribution in [2.75, 3.05) is 33.4 Å². The van der Waals surface area contributed by atoms with Crippen molar-refractivity contribution in [3.8, 4) is 0 Å². The minimum atomic E-state index is -0.443. The summed E-state index contributed by atoms with van der Waals surface area (Å²) in [5.41, 5.74) is -0.0682. The molecule has 6 nitrogen and oxygen atoms in total. The fourth-order valence-electron chi connectivity index (χ4n) is 4.02. The van der Waals surface area contributed by atoms with E-state index in [1.165, 1.54) is 35.5 Å². The molecule has 0 bridgehead atoms. The average Bonchev–Trinajstić information content (AvgIpc) is 2.89. The first-order chi connectivity index (χ1) is 13.6. The molecule has 0 spiro atoms. The van der Waals surface area contributed by atoms with Crippen molar-refractivity contribution >= 4 is 11.9 Å². The number of rotatable bonds is 16. The van der Waals surface area contributed by atoms with Crippen molar-refractivity contribution in [3.05, 3.63) is 0 Å². The molecule has 0 aromatic heterocycles. The number of nitrogens with zero attached hydrogens (tertiary/aromatic N) is 2. The molecule has 0 aromatic carbocycles. The summed E-state index contributed by atoms with van der Waals surface area (Å²) in [4.78, 5) is 27.1. The molecule has 6 heteroatoms. The number of ether oxygens (including phenoxy) is 1. The Bertz CT molecular complexity index is 505. The first kappa shape index (κ1) is 25.9. The van der Waals surface area contributed by atoms with Crippen LogP contribution in [0.5, 0.6) is 0 Å². The van der Waals surface area contributed by atoms with E-state index in [-0.39, 0.29) is 18.5 Å². The molecule has 1 rings (SSSR count). The molecule has 29 heavy (non-hydrogen) atoms. The Hall–Kier alpha value is -1.14. The number of aliphatic hydroxyl groups excluding tert-OH is 1. The number of imide groups is 1. The molecule has 0 unspecified atom stereocenters. The molecule has 0 aliphatic carbocycles. The minimum Gasteiger partial charge on any atom is -0.396 e. The molecule has 3 amide bonds. The van der Waals surface area contributed by atoms with Crippen LogP contribution in [-0.4, -0.2) is 65.8 Å². The predicted octanol–water partition coefficient (Wildman–Crippen LogP) is 4.60. The van der Waals surface area contributed by atoms with E-state index in [9.17, 15) is 9.59 Å². The minimum absolute atomic E-state index is 0.102. The zero-order valence-electron chi connectivity index (χ0n) is 19.5. The van der Waals surface area contributed by atoms with E-state index in [1.54, 1.807) is 7.05 Å². The number of hydrogen-bond acceptors (Lipinski definition) is 4. The quantitative estimate of drug-likeness (QED) is 0.297. The highest BCUT2D eigenvalue weighted by Crippen LogP contribution is 2.30. The van der Waals surface area contributed by atoms with Crippen LogP contribution in [-0.2, 0) is 9.53 Å². The van der Waals surface area contributed by atoms with Gasteiger partial charge in [0, 0.05) is 32.4 Å². The summed E-state index contributed by atoms with van der Waals surface area (Å²) in [5.74, 6) is -0.102. The highest BCUT2D eigenvalue weighted by Gasteiger charge is 2.42. The molecule has 0 atom stereocenters. The number of urea groups is 1. The number of carbonyl (C=O) groups excluding carboxylic acids is 2. The topological polar surface area (TPSA) is 70.1 Å². The van der Waals surface area contributed by atoms with Gasteiger partial charge in [-0.2, -0.15) is 0 Å². The molecule has 0 saturated carbocycles. The summed E-state index contributed by atoms with van der Waals surface area (Å²) in [5, 5.41) is 8.85. The first-order valence-corrected chi connectivity index (χ1v) is 11.4. The van der Waals surface area contributed by atoms with E-state index in [4.69, 9.17) is 9.84 Å². The highest BCUT2D eigenvalue weighted by atomic mass is 16.5. The lowest BCUT2D eigenvalue weighted by atomic mass is 9.82. The fraction of sp³-hybridized carbons (Fsp3) is 0.913. The van der Waals surface area contributed by atoms with Gasteiger partial charge in [-0.05, 0) is 64.2 Å². The molecule has 1 aliphatic rings. The van der Waals surface area contributed by atoms with Crippen molar-refractivity contribution in [1.29, 1.82) is 0 Å². The molecule has 1 aliphatic heterocycles. The fourth-order valence-corrected chi connectivity index (χ4v) is 4.02. The van der Waals surface area contributed by atoms with Crippen molar-refractivity contribution in [3.63, 3.8) is 0 Å². The summed E-state index contributed by atoms with van der Waals surface area (Å²) in [6, 6.07) is -0.187. The number of unbranched alkanes of at least 4 members (excludes halogenated alkanes) is 4. The lowest BCUT2D eigenvalue weighted by Gasteiger charge is -2.33. The maximum absolute atomic E-state index is 12.2. The van der Waals surface area contributed by atoms with Crippen LogP contribution in [0.2, 0.25) is 0 Å². The standard InChI is InChI=1S/C23H44N2O4/c1-22(2,13-7-6-10-16-26)14-8-11-17-29-18-12-9-15-23(3,4)25-20(27)19-24(5)21(25)28/h26H,6-19H2,1-5H3. The predicted molar refractivity (Wildman–Crippen MR) is 117 cm³/mol. The van der Waals surface area contributed by atoms with Gasteiger partial charge < -0.3 is 14.7 Å². The Morgan fingerprint density at radius 1 is 0.862 bits per heavy atom. The molecule has 1 saturated heterocycles. The van der Waals surface area contributed by atoms with Crippen LogP contribution in [0, 0.1) is 5.41 Å². The van der Waals surface area contributed by atoms with Crippen molar-refractivity contribution < 1.29 is 19.4 Å². The van der Waals surface area contributed by atoms with Gasteiger partial charge in [-0.25, -0.2) is 4.79 Å². The Morgan fingerprint density at radius 3 is 1.93 bits per heavy atom. The zero-order chi connectivity index (χ0) is 21.9. The average molecular weight is 413 g/mol. The Labute approximate surface area is 178 Å². The SMILES string of the molecule is CN1CC(=O)N(C(C)(C)CCCCOCCCCC(C)(C)CCCCCO)C1=O. The van der Waals surface area contributed by atoms with E-state index in [2.05, 4.69) is 13.8 Å². The van der Waals surface area contributed by atoms with Crippen molar-refractivity contribution in [2.24, 2.45) is 5.41 Å². The number of carbonyl (C=O) groups is 2. The molecule has 1 N–H and O–H groups in total. The summed E-state index contributed by atoms with van der Waals surface area (Å²) >= 11 is 0. The van der Waals surface area contributed by atoms with Gasteiger partial charge in [0.15, 0.2) is 0 Å². The van der Waals surface area contributed by atoms with Gasteiger partial charge >= 0.3 is 6.03 Å². The van der Waals surface area contributed by atoms with E-state index >= 15 is 0 Å². The number of hydrogen-bond donors (Lipinski definition) is 1. The van der Waals surface area contributed by atoms with Crippen LogP contribution < -0.4 is 0 Å². The summed E-state index contributed by atoms with van der Waals surface area (Å²) in [6.45, 7) is 10.6. The molecular weight excluding hydrogens is 368 g/mol. The Kier molecular flexibility index (Phi) is 11.2. The van der Waals surface area contributed by atoms with E-state index < -0.39 is 5.54 Å². The van der Waals surface area contributed by atoms with Gasteiger partial charge in [0.25, 0.3) is 5.91 Å². The molecule has 0 aromatic rings. The van der Waals surface area contributed by atoms with Gasteiger partial charge in [-0.3, -0.25) is 9.69 Å². The molecule has 1 fully saturated rings. The van der Waals surface area contributed by atoms with Crippen LogP contribution >= 0.6 is 0 Å². The van der Waals surface area contributed by atoms with Gasteiger partial charge in [0.05, 0.1) is 0 Å². The van der Waals surface area contributed by atoms with Crippen LogP contribution in [0.25, 0.3) is 0 Å². The Balaban J connectivity index is 2.07. The van der Waals surface area contributed by atoms with Crippen LogP contribution in [0.4, 0.5) is 4.79 Å². The van der Waals surface area contributed by atoms with E-state index in [1.807, 2.05) is 13.8 Å². The normalized spacial score (nSPS) is 15.7. The van der Waals surface area contributed by atoms with E-state index in [0.717, 1.165) is 51.7 Å². The third-order valence-corrected chi connectivity index (χ3v) is 5.98. The summed E-state index contributed by atoms with van der Waals surface area (Å²) < 4.78 is 5.78. The zero-order valence-corrected chi connectivity index (χ0v) is 19.5. The number of likely N-dealkylation sites (N-methyl/N-ethyl adjacent to an activating group) is 1. The van der Waals surface area contributed by atoms with Crippen LogP contribution in [0.1, 0.15) is 91.9 Å². The Morgan fingerprint density at radius 2 is 1.41 bits per heavy atom. The smallest absolute Gasteiger partial charge is 0.327 e. The molecule has 170 valence electrons. The number of amides is 3. The number of aliphatic hydroxyl groups is 1. The third-order valence-electron chi connectivity index (χ3n) is 5.98. The van der Waals surface area contributed by atoms with Crippen LogP contribution in [0.3, 0.4) is 0 Å². The molecule has 1 heterocycles. The lowest BCUT2D eigenvalue weighted by Crippen LogP contribution is -2.48. The lowest BCUT2D eigenvalue weighted by molar-refractivity contribution is -0.128. The second kappa shape index (κ2) is 12.5. The van der Waals surface area contributed by atoms with Gasteiger partial charge in [-0.1, -0.05) is 33.1 Å². The van der Waals surface area contributed by atoms with Crippen LogP contribution in [0.15, 0.2) is 0 Å². The van der Waals surface area contributed by atoms with Gasteiger partial charge in [0.1, 0.15) is 6.54 Å². The summed E-state index contributed by atoms with van der Waals surface area (Å²) in [7, 11) is 1.67. The van der Waals surface area contributed by atoms with Crippen molar-refractivity contribution in [1.82, 2.24) is 9.80 Å². The van der Waals surface area contributed by atoms with Crippen molar-refractivity contribution in [2.45, 2.75) is 97.4 Å². The second-order valence-electron chi connectivity index (χ2n) is 9.91.